The number of benzene rings is 1. The van der Waals surface area contributed by atoms with Crippen molar-refractivity contribution in [2.75, 3.05) is 11.0 Å². The molecule has 1 aromatic carbocycles. The molecule has 296 valence electrons. The number of alkyl halides is 4. The molecule has 0 saturated heterocycles. The van der Waals surface area contributed by atoms with Gasteiger partial charge in [-0.15, -0.1) is 10.2 Å². The van der Waals surface area contributed by atoms with Crippen molar-refractivity contribution < 1.29 is 39.6 Å². The van der Waals surface area contributed by atoms with E-state index in [-0.39, 0.29) is 56.8 Å². The molecule has 0 saturated carbocycles. The van der Waals surface area contributed by atoms with Crippen LogP contribution in [-0.2, 0) is 33.7 Å². The van der Waals surface area contributed by atoms with Crippen LogP contribution < -0.4 is 10.0 Å². The molecule has 0 bridgehead atoms. The Balaban J connectivity index is 1.52. The summed E-state index contributed by atoms with van der Waals surface area (Å²) < 4.78 is 117. The largest absolute Gasteiger partial charge is 0.346 e. The number of carbonyl (C=O) groups is 1. The molecule has 1 amide bonds. The summed E-state index contributed by atoms with van der Waals surface area (Å²) in [4.78, 5) is 18.7. The highest BCUT2D eigenvalue weighted by atomic mass is 35.5. The van der Waals surface area contributed by atoms with Gasteiger partial charge < -0.3 is 5.32 Å². The number of amides is 1. The minimum absolute atomic E-state index is 0.0116. The number of nitrogens with one attached hydrogen (secondary N) is 2. The molecule has 0 radical (unpaired) electrons. The van der Waals surface area contributed by atoms with Crippen LogP contribution in [0.3, 0.4) is 0 Å². The zero-order chi connectivity index (χ0) is 41.1. The maximum Gasteiger partial charge on any atom is 0.292 e. The summed E-state index contributed by atoms with van der Waals surface area (Å²) in [6.07, 6.45) is -2.61. The van der Waals surface area contributed by atoms with Gasteiger partial charge in [0.25, 0.3) is 12.3 Å². The lowest BCUT2D eigenvalue weighted by molar-refractivity contribution is -0.123. The van der Waals surface area contributed by atoms with Crippen molar-refractivity contribution in [3.8, 4) is 23.0 Å². The van der Waals surface area contributed by atoms with Gasteiger partial charge in [-0.1, -0.05) is 31.4 Å². The molecule has 4 aromatic heterocycles. The van der Waals surface area contributed by atoms with E-state index < -0.39 is 81.1 Å². The topological polar surface area (TPSA) is 136 Å². The summed E-state index contributed by atoms with van der Waals surface area (Å²) in [7, 11) is -3.84. The van der Waals surface area contributed by atoms with Gasteiger partial charge in [0, 0.05) is 34.1 Å². The second kappa shape index (κ2) is 14.7. The Morgan fingerprint density at radius 3 is 2.30 bits per heavy atom. The number of rotatable bonds is 10. The quantitative estimate of drug-likeness (QED) is 0.0843. The van der Waals surface area contributed by atoms with E-state index in [4.69, 9.17) is 16.6 Å². The number of hydrogen-bond donors (Lipinski definition) is 2. The molecule has 56 heavy (non-hydrogen) atoms. The summed E-state index contributed by atoms with van der Waals surface area (Å²) >= 11 is 6.46. The fraction of sp³-hybridized carbons (Fsp3) is 0.378. The minimum atomic E-state index is -3.84. The number of pyridine rings is 2. The third-order valence-corrected chi connectivity index (χ3v) is 10.0. The number of fused-ring (bicyclic) bond motifs is 2. The lowest BCUT2D eigenvalue weighted by Gasteiger charge is -2.23. The van der Waals surface area contributed by atoms with Crippen LogP contribution in [-0.4, -0.2) is 49.9 Å². The van der Waals surface area contributed by atoms with Crippen LogP contribution in [0, 0.1) is 34.8 Å². The monoisotopic (exact) mass is 820 g/mol. The fourth-order valence-electron chi connectivity index (χ4n) is 6.60. The Morgan fingerprint density at radius 2 is 1.68 bits per heavy atom. The maximum atomic E-state index is 15.6. The van der Waals surface area contributed by atoms with Gasteiger partial charge in [-0.25, -0.2) is 35.4 Å². The number of hydrogen-bond acceptors (Lipinski definition) is 7. The van der Waals surface area contributed by atoms with Crippen molar-refractivity contribution in [2.24, 2.45) is 11.3 Å². The normalized spacial score (nSPS) is 17.1. The molecule has 1 aliphatic rings. The van der Waals surface area contributed by atoms with Gasteiger partial charge in [-0.2, -0.15) is 13.9 Å². The van der Waals surface area contributed by atoms with Gasteiger partial charge in [0.1, 0.15) is 40.4 Å². The SMILES string of the molecule is C[C@@H]1c2c(C(F)F)nn(CC(=O)N[C@@H](Cc3cc(F)cc(F)c3)c3nc(C#CC(C)(C)C)ccc3-c3ccc(Cl)n4c(NS(C)(=O)=O)nnc34)c2C(F)(F)[C@@H]1C. The summed E-state index contributed by atoms with van der Waals surface area (Å²) in [6.45, 7) is 7.29. The van der Waals surface area contributed by atoms with E-state index in [1.54, 1.807) is 12.1 Å². The molecule has 6 rings (SSSR count). The predicted octanol–water partition coefficient (Wildman–Crippen LogP) is 7.57. The van der Waals surface area contributed by atoms with Crippen molar-refractivity contribution in [1.82, 2.24) is 34.7 Å². The van der Waals surface area contributed by atoms with Gasteiger partial charge in [-0.05, 0) is 81.0 Å². The first kappa shape index (κ1) is 40.5. The van der Waals surface area contributed by atoms with Gasteiger partial charge >= 0.3 is 0 Å². The average molecular weight is 821 g/mol. The molecule has 0 unspecified atom stereocenters. The van der Waals surface area contributed by atoms with Crippen LogP contribution in [0.2, 0.25) is 5.15 Å². The Bertz CT molecular complexity index is 2520. The third kappa shape index (κ3) is 8.19. The van der Waals surface area contributed by atoms with Crippen LogP contribution in [0.5, 0.6) is 0 Å². The predicted molar refractivity (Wildman–Crippen MR) is 196 cm³/mol. The van der Waals surface area contributed by atoms with E-state index in [2.05, 4.69) is 37.2 Å². The molecule has 11 nitrogen and oxygen atoms in total. The molecule has 5 aromatic rings. The van der Waals surface area contributed by atoms with Crippen molar-refractivity contribution >= 4 is 39.1 Å². The first-order valence-corrected chi connectivity index (χ1v) is 19.4. The van der Waals surface area contributed by atoms with Crippen molar-refractivity contribution in [3.05, 3.63) is 93.2 Å². The Morgan fingerprint density at radius 1 is 1.02 bits per heavy atom. The van der Waals surface area contributed by atoms with E-state index in [9.17, 15) is 30.8 Å². The molecule has 19 heteroatoms. The van der Waals surface area contributed by atoms with E-state index in [1.807, 2.05) is 20.8 Å². The fourth-order valence-corrected chi connectivity index (χ4v) is 7.29. The second-order valence-electron chi connectivity index (χ2n) is 14.7. The van der Waals surface area contributed by atoms with Crippen LogP contribution >= 0.6 is 11.6 Å². The first-order valence-electron chi connectivity index (χ1n) is 17.1. The highest BCUT2D eigenvalue weighted by molar-refractivity contribution is 7.92. The van der Waals surface area contributed by atoms with Gasteiger partial charge in [-0.3, -0.25) is 14.2 Å². The summed E-state index contributed by atoms with van der Waals surface area (Å²) in [5, 5.41) is 14.6. The molecular weight excluding hydrogens is 786 g/mol. The number of anilines is 1. The third-order valence-electron chi connectivity index (χ3n) is 9.20. The zero-order valence-corrected chi connectivity index (χ0v) is 32.3. The molecule has 0 fully saturated rings. The van der Waals surface area contributed by atoms with Crippen molar-refractivity contribution in [3.63, 3.8) is 0 Å². The smallest absolute Gasteiger partial charge is 0.292 e. The lowest BCUT2D eigenvalue weighted by Crippen LogP contribution is -2.35. The molecule has 0 aliphatic heterocycles. The minimum Gasteiger partial charge on any atom is -0.346 e. The van der Waals surface area contributed by atoms with Gasteiger partial charge in [0.15, 0.2) is 5.65 Å². The standard InChI is InChI=1S/C37H35ClF6N8O3S/c1-18-19(2)37(43,44)32-29(18)31(33(41)42)49-51(32)17-28(53)46-26(15-20-13-21(39)16-22(40)14-20)30-24(8-7-23(45-30)11-12-36(3,4)5)25-9-10-27(38)52-34(25)47-48-35(52)50-56(6,54)55/h7-10,13-14,16,18-19,26,33H,15,17H2,1-6H3,(H,46,53)(H,48,50)/t18-,19+,26-/m0/s1. The van der Waals surface area contributed by atoms with E-state index in [0.29, 0.717) is 10.7 Å². The lowest BCUT2D eigenvalue weighted by atomic mass is 9.94. The van der Waals surface area contributed by atoms with Crippen molar-refractivity contribution in [2.45, 2.75) is 71.9 Å². The van der Waals surface area contributed by atoms with Gasteiger partial charge in [0.05, 0.1) is 18.0 Å². The van der Waals surface area contributed by atoms with Gasteiger partial charge in [0.2, 0.25) is 21.9 Å². The Labute approximate surface area is 322 Å². The molecule has 3 atom stereocenters. The number of sulfonamides is 1. The maximum absolute atomic E-state index is 15.6. The molecule has 0 spiro atoms. The second-order valence-corrected chi connectivity index (χ2v) is 16.8. The summed E-state index contributed by atoms with van der Waals surface area (Å²) in [6, 6.07) is 7.54. The Hall–Kier alpha value is -5.15. The van der Waals surface area contributed by atoms with E-state index in [0.717, 1.165) is 18.4 Å². The highest BCUT2D eigenvalue weighted by Gasteiger charge is 2.55. The molecule has 1 aliphatic carbocycles. The average Bonchev–Trinajstić information content (AvgIpc) is 3.72. The van der Waals surface area contributed by atoms with Crippen LogP contribution in [0.25, 0.3) is 16.8 Å². The molecule has 4 heterocycles. The summed E-state index contributed by atoms with van der Waals surface area (Å²) in [5.74, 6) is -2.95. The number of aromatic nitrogens is 6. The molecule has 2 N–H and O–H groups in total. The summed E-state index contributed by atoms with van der Waals surface area (Å²) in [5.41, 5.74) is -1.56. The Kier molecular flexibility index (Phi) is 10.7. The van der Waals surface area contributed by atoms with Crippen molar-refractivity contribution in [1.29, 1.82) is 0 Å². The van der Waals surface area contributed by atoms with Crippen LogP contribution in [0.15, 0.2) is 42.5 Å². The molecular formula is C37H35ClF6N8O3S. The number of halogens is 7. The first-order chi connectivity index (χ1) is 26.0. The number of nitrogens with zero attached hydrogens (tertiary/aromatic N) is 6. The van der Waals surface area contributed by atoms with E-state index in [1.165, 1.54) is 30.4 Å². The highest BCUT2D eigenvalue weighted by Crippen LogP contribution is 2.54. The van der Waals surface area contributed by atoms with E-state index >= 15 is 8.78 Å². The van der Waals surface area contributed by atoms with Crippen LogP contribution in [0.4, 0.5) is 32.3 Å². The van der Waals surface area contributed by atoms with Crippen LogP contribution in [0.1, 0.15) is 86.9 Å². The number of carbonyl (C=O) groups excluding carboxylic acids is 1. The zero-order valence-electron chi connectivity index (χ0n) is 30.7.